The van der Waals surface area contributed by atoms with Crippen LogP contribution in [0.25, 0.3) is 11.1 Å². The van der Waals surface area contributed by atoms with E-state index in [1.54, 1.807) is 18.2 Å². The van der Waals surface area contributed by atoms with Crippen LogP contribution < -0.4 is 0 Å². The minimum absolute atomic E-state index is 0.162. The molecule has 0 fully saturated rings. The summed E-state index contributed by atoms with van der Waals surface area (Å²) >= 11 is 9.14. The van der Waals surface area contributed by atoms with Gasteiger partial charge in [0.1, 0.15) is 0 Å². The van der Waals surface area contributed by atoms with Gasteiger partial charge in [0.2, 0.25) is 0 Å². The lowest BCUT2D eigenvalue weighted by Crippen LogP contribution is -1.78. The molecule has 0 aliphatic carbocycles. The maximum absolute atomic E-state index is 7.90. The predicted molar refractivity (Wildman–Crippen MR) is 64.6 cm³/mol. The van der Waals surface area contributed by atoms with Crippen LogP contribution in [0.5, 0.6) is 0 Å². The monoisotopic (exact) mass is 271 g/mol. The van der Waals surface area contributed by atoms with Gasteiger partial charge in [0.25, 0.3) is 0 Å². The largest absolute Gasteiger partial charge is 0.0843 e. The normalized spacial score (nSPS) is 15.1. The Morgan fingerprint density at radius 1 is 1.14 bits per heavy atom. The molecule has 0 aromatic heterocycles. The number of hydrogen-bond acceptors (Lipinski definition) is 0. The predicted octanol–water partition coefficient (Wildman–Crippen LogP) is 4.77. The molecule has 2 rings (SSSR count). The third-order valence-electron chi connectivity index (χ3n) is 1.70. The summed E-state index contributed by atoms with van der Waals surface area (Å²) in [5, 5.41) is 0.503. The molecule has 2 aromatic carbocycles. The molecule has 0 N–H and O–H groups in total. The van der Waals surface area contributed by atoms with E-state index in [0.29, 0.717) is 15.1 Å². The average Bonchev–Trinajstić information content (AvgIpc) is 2.37. The van der Waals surface area contributed by atoms with Gasteiger partial charge in [0.15, 0.2) is 0 Å². The first-order valence-electron chi connectivity index (χ1n) is 6.37. The molecule has 70 valence electrons. The molecule has 14 heavy (non-hydrogen) atoms. The van der Waals surface area contributed by atoms with E-state index in [0.717, 1.165) is 0 Å². The zero-order valence-electron chi connectivity index (χ0n) is 12.0. The summed E-state index contributed by atoms with van der Waals surface area (Å²) in [6.45, 7) is 0. The van der Waals surface area contributed by atoms with Crippen LogP contribution in [0.1, 0.15) is 6.85 Å². The molecule has 0 heterocycles. The Morgan fingerprint density at radius 2 is 1.86 bits per heavy atom. The third-order valence-corrected chi connectivity index (χ3v) is 2.59. The van der Waals surface area contributed by atoms with Gasteiger partial charge in [0, 0.05) is 9.50 Å². The standard InChI is InChI=1S/C12H8BrCl/c13-12-8-10(14)6-7-11(12)9-4-2-1-3-5-9/h1-8H/i1D,2D,3D,4D,5D. The maximum Gasteiger partial charge on any atom is 0.0629 e. The summed E-state index contributed by atoms with van der Waals surface area (Å²) < 4.78 is 39.2. The van der Waals surface area contributed by atoms with E-state index in [4.69, 9.17) is 18.5 Å². The molecule has 2 aromatic rings. The molecule has 0 aliphatic heterocycles. The van der Waals surface area contributed by atoms with Crippen LogP contribution in [0, 0.1) is 0 Å². The Bertz CT molecular complexity index is 643. The number of hydrogen-bond donors (Lipinski definition) is 0. The van der Waals surface area contributed by atoms with Crippen LogP contribution in [0.15, 0.2) is 52.9 Å². The van der Waals surface area contributed by atoms with Crippen molar-refractivity contribution < 1.29 is 6.85 Å². The van der Waals surface area contributed by atoms with Gasteiger partial charge in [-0.2, -0.15) is 0 Å². The highest BCUT2D eigenvalue weighted by Crippen LogP contribution is 2.30. The summed E-state index contributed by atoms with van der Waals surface area (Å²) in [6, 6.07) is 3.31. The summed E-state index contributed by atoms with van der Waals surface area (Å²) in [7, 11) is 0. The van der Waals surface area contributed by atoms with E-state index in [9.17, 15) is 0 Å². The van der Waals surface area contributed by atoms with Crippen LogP contribution in [0.2, 0.25) is 5.02 Å². The Labute approximate surface area is 104 Å². The fourth-order valence-electron chi connectivity index (χ4n) is 1.08. The number of benzene rings is 2. The van der Waals surface area contributed by atoms with Gasteiger partial charge in [0.05, 0.1) is 6.85 Å². The minimum atomic E-state index is -0.399. The highest BCUT2D eigenvalue weighted by molar-refractivity contribution is 9.10. The van der Waals surface area contributed by atoms with E-state index >= 15 is 0 Å². The van der Waals surface area contributed by atoms with E-state index in [2.05, 4.69) is 15.9 Å². The molecule has 0 atom stereocenters. The van der Waals surface area contributed by atoms with Crippen molar-refractivity contribution in [3.63, 3.8) is 0 Å². The van der Waals surface area contributed by atoms with Crippen molar-refractivity contribution in [2.75, 3.05) is 0 Å². The summed E-state index contributed by atoms with van der Waals surface area (Å²) in [5.41, 5.74) is 0.677. The zero-order valence-corrected chi connectivity index (χ0v) is 9.33. The smallest absolute Gasteiger partial charge is 0.0629 e. The highest BCUT2D eigenvalue weighted by atomic mass is 79.9. The summed E-state index contributed by atoms with van der Waals surface area (Å²) in [5.74, 6) is 0. The summed E-state index contributed by atoms with van der Waals surface area (Å²) in [4.78, 5) is 0. The zero-order chi connectivity index (χ0) is 14.3. The molecule has 0 radical (unpaired) electrons. The van der Waals surface area contributed by atoms with Gasteiger partial charge >= 0.3 is 0 Å². The first-order valence-corrected chi connectivity index (χ1v) is 5.04. The maximum atomic E-state index is 7.90. The molecule has 0 spiro atoms. The molecular formula is C12H8BrCl. The van der Waals surface area contributed by atoms with Crippen molar-refractivity contribution in [2.45, 2.75) is 0 Å². The first-order chi connectivity index (χ1) is 8.84. The molecule has 0 bridgehead atoms. The fourth-order valence-corrected chi connectivity index (χ4v) is 1.96. The molecule has 2 heteroatoms. The first kappa shape index (κ1) is 5.34. The molecule has 0 saturated heterocycles. The van der Waals surface area contributed by atoms with Crippen LogP contribution in [-0.2, 0) is 0 Å². The van der Waals surface area contributed by atoms with E-state index in [-0.39, 0.29) is 29.7 Å². The number of rotatable bonds is 1. The minimum Gasteiger partial charge on any atom is -0.0843 e. The van der Waals surface area contributed by atoms with Crippen molar-refractivity contribution in [3.8, 4) is 11.1 Å². The molecule has 0 aliphatic rings. The van der Waals surface area contributed by atoms with Gasteiger partial charge in [-0.25, -0.2) is 0 Å². The molecule has 0 amide bonds. The van der Waals surface area contributed by atoms with Gasteiger partial charge in [-0.15, -0.1) is 0 Å². The Hall–Kier alpha value is -0.790. The SMILES string of the molecule is [2H]c1c([2H])c([2H])c(-c2ccc(Cl)cc2Br)c([2H])c1[2H]. The Balaban J connectivity index is 2.83. The van der Waals surface area contributed by atoms with Crippen LogP contribution in [0.4, 0.5) is 0 Å². The van der Waals surface area contributed by atoms with E-state index in [1.807, 2.05) is 0 Å². The van der Waals surface area contributed by atoms with Crippen molar-refractivity contribution in [1.29, 1.82) is 0 Å². The number of halogens is 2. The second-order valence-electron chi connectivity index (χ2n) is 2.62. The Kier molecular flexibility index (Phi) is 1.58. The lowest BCUT2D eigenvalue weighted by Gasteiger charge is -2.04. The van der Waals surface area contributed by atoms with E-state index in [1.165, 1.54) is 0 Å². The lowest BCUT2D eigenvalue weighted by atomic mass is 10.1. The van der Waals surface area contributed by atoms with Crippen LogP contribution in [0.3, 0.4) is 0 Å². The van der Waals surface area contributed by atoms with Gasteiger partial charge in [-0.05, 0) is 23.3 Å². The molecule has 0 unspecified atom stereocenters. The topological polar surface area (TPSA) is 0 Å². The fraction of sp³-hybridized carbons (Fsp3) is 0. The van der Waals surface area contributed by atoms with Gasteiger partial charge in [-0.1, -0.05) is 63.8 Å². The Morgan fingerprint density at radius 3 is 2.50 bits per heavy atom. The molecule has 0 nitrogen and oxygen atoms in total. The van der Waals surface area contributed by atoms with Crippen LogP contribution >= 0.6 is 27.5 Å². The second-order valence-corrected chi connectivity index (χ2v) is 3.91. The van der Waals surface area contributed by atoms with Crippen molar-refractivity contribution in [3.05, 3.63) is 57.9 Å². The lowest BCUT2D eigenvalue weighted by molar-refractivity contribution is 1.58. The second kappa shape index (κ2) is 4.16. The van der Waals surface area contributed by atoms with Crippen molar-refractivity contribution >= 4 is 27.5 Å². The molecule has 0 saturated carbocycles. The van der Waals surface area contributed by atoms with Gasteiger partial charge in [-0.3, -0.25) is 0 Å². The van der Waals surface area contributed by atoms with Crippen molar-refractivity contribution in [2.24, 2.45) is 0 Å². The highest BCUT2D eigenvalue weighted by Gasteiger charge is 2.02. The average molecular weight is 273 g/mol. The third kappa shape index (κ3) is 1.99. The van der Waals surface area contributed by atoms with Gasteiger partial charge < -0.3 is 0 Å². The van der Waals surface area contributed by atoms with Crippen molar-refractivity contribution in [1.82, 2.24) is 0 Å². The molecular weight excluding hydrogens is 259 g/mol. The summed E-state index contributed by atoms with van der Waals surface area (Å²) in [6.07, 6.45) is 0. The van der Waals surface area contributed by atoms with Crippen LogP contribution in [-0.4, -0.2) is 0 Å². The quantitative estimate of drug-likeness (QED) is 0.701. The van der Waals surface area contributed by atoms with E-state index < -0.39 is 6.04 Å².